The summed E-state index contributed by atoms with van der Waals surface area (Å²) >= 11 is 0. The van der Waals surface area contributed by atoms with Crippen LogP contribution in [0.3, 0.4) is 0 Å². The molecule has 0 saturated heterocycles. The average Bonchev–Trinajstić information content (AvgIpc) is 3.88. The molecule has 0 N–H and O–H groups in total. The Kier molecular flexibility index (Phi) is 8.87. The van der Waals surface area contributed by atoms with Crippen molar-refractivity contribution in [3.63, 3.8) is 0 Å². The van der Waals surface area contributed by atoms with Gasteiger partial charge in [-0.15, -0.1) is 0 Å². The quantitative estimate of drug-likeness (QED) is 0.107. The van der Waals surface area contributed by atoms with Crippen molar-refractivity contribution in [1.82, 2.24) is 9.13 Å². The Morgan fingerprint density at radius 3 is 1.21 bits per heavy atom. The number of rotatable bonds is 8. The normalized spacial score (nSPS) is 11.8. The van der Waals surface area contributed by atoms with E-state index in [2.05, 4.69) is 264 Å². The Morgan fingerprint density at radius 1 is 0.286 bits per heavy atom. The lowest BCUT2D eigenvalue weighted by Crippen LogP contribution is -2.74. The zero-order valence-electron chi connectivity index (χ0n) is 34.6. The maximum Gasteiger partial charge on any atom is 0.180 e. The van der Waals surface area contributed by atoms with Gasteiger partial charge in [-0.3, -0.25) is 0 Å². The first-order chi connectivity index (χ1) is 31.3. The third kappa shape index (κ3) is 5.78. The van der Waals surface area contributed by atoms with Gasteiger partial charge < -0.3 is 9.13 Å². The second-order valence-electron chi connectivity index (χ2n) is 16.4. The summed E-state index contributed by atoms with van der Waals surface area (Å²) in [5, 5.41) is 10.4. The predicted molar refractivity (Wildman–Crippen MR) is 270 cm³/mol. The molecule has 0 saturated carbocycles. The van der Waals surface area contributed by atoms with E-state index in [1.807, 2.05) is 0 Å². The maximum absolute atomic E-state index is 3.02. The summed E-state index contributed by atoms with van der Waals surface area (Å²) in [6.07, 6.45) is 0. The van der Waals surface area contributed by atoms with Gasteiger partial charge in [0.2, 0.25) is 0 Å². The molecule has 0 aliphatic heterocycles. The first-order valence-corrected chi connectivity index (χ1v) is 23.8. The van der Waals surface area contributed by atoms with Crippen LogP contribution < -0.4 is 20.7 Å². The summed E-state index contributed by atoms with van der Waals surface area (Å²) in [6, 6.07) is 94.5. The minimum atomic E-state index is -3.02. The fourth-order valence-corrected chi connectivity index (χ4v) is 15.5. The highest BCUT2D eigenvalue weighted by molar-refractivity contribution is 7.20. The Morgan fingerprint density at radius 2 is 0.698 bits per heavy atom. The molecular weight excluding hydrogens is 777 g/mol. The Hall–Kier alpha value is -7.98. The molecular formula is C60H42N2Si. The summed E-state index contributed by atoms with van der Waals surface area (Å²) in [7, 11) is -3.02. The molecule has 63 heavy (non-hydrogen) atoms. The van der Waals surface area contributed by atoms with Gasteiger partial charge in [-0.1, -0.05) is 218 Å². The van der Waals surface area contributed by atoms with Gasteiger partial charge in [0.05, 0.1) is 27.8 Å². The Balaban J connectivity index is 1.29. The van der Waals surface area contributed by atoms with Gasteiger partial charge in [0, 0.05) is 38.4 Å². The van der Waals surface area contributed by atoms with Crippen molar-refractivity contribution in [2.24, 2.45) is 0 Å². The molecule has 3 heteroatoms. The van der Waals surface area contributed by atoms with Crippen molar-refractivity contribution in [3.05, 3.63) is 255 Å². The minimum absolute atomic E-state index is 1.14. The number of hydrogen-bond acceptors (Lipinski definition) is 0. The van der Waals surface area contributed by atoms with Gasteiger partial charge in [0.1, 0.15) is 0 Å². The van der Waals surface area contributed by atoms with Crippen LogP contribution in [0.2, 0.25) is 0 Å². The van der Waals surface area contributed by atoms with E-state index in [4.69, 9.17) is 0 Å². The van der Waals surface area contributed by atoms with Gasteiger partial charge in [0.15, 0.2) is 8.07 Å². The third-order valence-corrected chi connectivity index (χ3v) is 17.9. The number of benzene rings is 10. The van der Waals surface area contributed by atoms with Crippen molar-refractivity contribution in [2.75, 3.05) is 0 Å². The lowest BCUT2D eigenvalue weighted by Gasteiger charge is -2.35. The molecule has 2 nitrogen and oxygen atoms in total. The standard InChI is InChI=1S/C60H42N2Si/c1-6-22-43(23-7-1)49-34-20-35-50(44-24-8-2-9-25-44)60(49)62-56-41-40-45(61-54-36-18-16-32-51(54)52-33-17-19-37-55(52)61)42-53(56)59-57(62)38-21-39-58(59)63(46-26-10-3-11-27-46,47-28-12-4-13-29-47)48-30-14-5-15-31-48/h1-42H. The summed E-state index contributed by atoms with van der Waals surface area (Å²) in [5.41, 5.74) is 11.8. The number of hydrogen-bond donors (Lipinski definition) is 0. The van der Waals surface area contributed by atoms with Crippen LogP contribution in [0.4, 0.5) is 0 Å². The molecule has 0 aliphatic carbocycles. The van der Waals surface area contributed by atoms with Gasteiger partial charge in [-0.05, 0) is 68.3 Å². The van der Waals surface area contributed by atoms with E-state index in [-0.39, 0.29) is 0 Å². The van der Waals surface area contributed by atoms with Gasteiger partial charge in [-0.25, -0.2) is 0 Å². The summed E-state index contributed by atoms with van der Waals surface area (Å²) in [4.78, 5) is 0. The molecule has 0 unspecified atom stereocenters. The van der Waals surface area contributed by atoms with E-state index < -0.39 is 8.07 Å². The fraction of sp³-hybridized carbons (Fsp3) is 0. The summed E-state index contributed by atoms with van der Waals surface area (Å²) in [5.74, 6) is 0. The molecule has 0 fully saturated rings. The maximum atomic E-state index is 2.58. The molecule has 0 amide bonds. The van der Waals surface area contributed by atoms with E-state index in [1.54, 1.807) is 0 Å². The fourth-order valence-electron chi connectivity index (χ4n) is 10.5. The SMILES string of the molecule is c1ccc(-c2cccc(-c3ccccc3)c2-n2c3ccc(-n4c5ccccc5c5ccccc54)cc3c3c([Si](c4ccccc4)(c4ccccc4)c4ccccc4)cccc32)cc1. The van der Waals surface area contributed by atoms with Crippen LogP contribution in [0.25, 0.3) is 77.2 Å². The molecule has 12 rings (SSSR count). The van der Waals surface area contributed by atoms with E-state index in [0.717, 1.165) is 5.69 Å². The van der Waals surface area contributed by atoms with Crippen LogP contribution >= 0.6 is 0 Å². The van der Waals surface area contributed by atoms with Crippen molar-refractivity contribution in [2.45, 2.75) is 0 Å². The first kappa shape index (κ1) is 36.8. The molecule has 0 radical (unpaired) electrons. The number of nitrogens with zero attached hydrogens (tertiary/aromatic N) is 2. The van der Waals surface area contributed by atoms with Crippen LogP contribution in [0, 0.1) is 0 Å². The highest BCUT2D eigenvalue weighted by Gasteiger charge is 2.43. The highest BCUT2D eigenvalue weighted by Crippen LogP contribution is 2.42. The lowest BCUT2D eigenvalue weighted by molar-refractivity contribution is 1.17. The van der Waals surface area contributed by atoms with Gasteiger partial charge in [-0.2, -0.15) is 0 Å². The van der Waals surface area contributed by atoms with Crippen LogP contribution in [0.15, 0.2) is 255 Å². The van der Waals surface area contributed by atoms with Crippen LogP contribution in [0.1, 0.15) is 0 Å². The Bertz CT molecular complexity index is 3390. The topological polar surface area (TPSA) is 9.86 Å². The van der Waals surface area contributed by atoms with Gasteiger partial charge in [0.25, 0.3) is 0 Å². The van der Waals surface area contributed by atoms with Crippen molar-refractivity contribution in [3.8, 4) is 33.6 Å². The third-order valence-electron chi connectivity index (χ3n) is 13.1. The molecule has 10 aromatic carbocycles. The van der Waals surface area contributed by atoms with E-state index in [1.165, 1.54) is 92.3 Å². The minimum Gasteiger partial charge on any atom is -0.309 e. The monoisotopic (exact) mass is 818 g/mol. The second-order valence-corrected chi connectivity index (χ2v) is 20.2. The lowest BCUT2D eigenvalue weighted by atomic mass is 9.95. The van der Waals surface area contributed by atoms with E-state index >= 15 is 0 Å². The van der Waals surface area contributed by atoms with E-state index in [9.17, 15) is 0 Å². The smallest absolute Gasteiger partial charge is 0.180 e. The summed E-state index contributed by atoms with van der Waals surface area (Å²) < 4.78 is 5.04. The molecule has 0 bridgehead atoms. The second kappa shape index (κ2) is 15.2. The molecule has 0 spiro atoms. The van der Waals surface area contributed by atoms with E-state index in [0.29, 0.717) is 0 Å². The van der Waals surface area contributed by atoms with Gasteiger partial charge >= 0.3 is 0 Å². The molecule has 0 atom stereocenters. The van der Waals surface area contributed by atoms with Crippen LogP contribution in [-0.4, -0.2) is 17.2 Å². The largest absolute Gasteiger partial charge is 0.309 e. The van der Waals surface area contributed by atoms with Crippen LogP contribution in [-0.2, 0) is 0 Å². The molecule has 0 aliphatic rings. The van der Waals surface area contributed by atoms with Crippen molar-refractivity contribution >= 4 is 72.4 Å². The zero-order chi connectivity index (χ0) is 41.7. The average molecular weight is 819 g/mol. The zero-order valence-corrected chi connectivity index (χ0v) is 35.6. The summed E-state index contributed by atoms with van der Waals surface area (Å²) in [6.45, 7) is 0. The molecule has 12 aromatic rings. The molecule has 2 heterocycles. The Labute approximate surface area is 368 Å². The molecule has 296 valence electrons. The van der Waals surface area contributed by atoms with Crippen molar-refractivity contribution in [1.29, 1.82) is 0 Å². The molecule has 2 aromatic heterocycles. The van der Waals surface area contributed by atoms with Crippen LogP contribution in [0.5, 0.6) is 0 Å². The number of para-hydroxylation sites is 3. The number of aromatic nitrogens is 2. The van der Waals surface area contributed by atoms with Crippen molar-refractivity contribution < 1.29 is 0 Å². The number of fused-ring (bicyclic) bond motifs is 6. The predicted octanol–water partition coefficient (Wildman–Crippen LogP) is 12.6. The highest BCUT2D eigenvalue weighted by atomic mass is 28.3. The first-order valence-electron chi connectivity index (χ1n) is 21.8.